The standard InChI is InChI=1S/C23H22N2O3.ClH/c26-22(24-28)11-9-18-5-4-6-19(17-18)10-12-23(27)25-15-13-21(14-16-25)20-7-2-1-3-8-20;/h1-13,17,28H,14-16H2,(H,24,26);1H/b11-9+,12-10+;. The lowest BCUT2D eigenvalue weighted by molar-refractivity contribution is -0.125. The molecule has 0 unspecified atom stereocenters. The van der Waals surface area contributed by atoms with E-state index in [9.17, 15) is 9.59 Å². The van der Waals surface area contributed by atoms with Crippen molar-refractivity contribution in [3.05, 3.63) is 89.5 Å². The van der Waals surface area contributed by atoms with Crippen LogP contribution in [-0.4, -0.2) is 35.0 Å². The van der Waals surface area contributed by atoms with E-state index in [0.717, 1.165) is 17.5 Å². The molecule has 2 N–H and O–H groups in total. The maximum absolute atomic E-state index is 12.5. The van der Waals surface area contributed by atoms with Crippen LogP contribution in [0.15, 0.2) is 72.8 Å². The van der Waals surface area contributed by atoms with Gasteiger partial charge in [0.15, 0.2) is 0 Å². The van der Waals surface area contributed by atoms with Gasteiger partial charge >= 0.3 is 0 Å². The molecule has 0 bridgehead atoms. The van der Waals surface area contributed by atoms with Gasteiger partial charge in [-0.05, 0) is 46.9 Å². The average Bonchev–Trinajstić information content (AvgIpc) is 2.76. The summed E-state index contributed by atoms with van der Waals surface area (Å²) < 4.78 is 0. The van der Waals surface area contributed by atoms with E-state index in [1.54, 1.807) is 23.7 Å². The summed E-state index contributed by atoms with van der Waals surface area (Å²) in [6.45, 7) is 1.30. The van der Waals surface area contributed by atoms with Gasteiger partial charge in [-0.25, -0.2) is 5.48 Å². The number of amides is 2. The molecule has 1 heterocycles. The first-order valence-corrected chi connectivity index (χ1v) is 9.09. The molecular weight excluding hydrogens is 388 g/mol. The summed E-state index contributed by atoms with van der Waals surface area (Å²) in [5, 5.41) is 8.51. The molecule has 6 heteroatoms. The van der Waals surface area contributed by atoms with Crippen molar-refractivity contribution in [3.63, 3.8) is 0 Å². The van der Waals surface area contributed by atoms with Gasteiger partial charge in [0.2, 0.25) is 5.91 Å². The normalized spacial score (nSPS) is 13.8. The Morgan fingerprint density at radius 3 is 2.28 bits per heavy atom. The molecule has 0 aromatic heterocycles. The van der Waals surface area contributed by atoms with Crippen molar-refractivity contribution in [3.8, 4) is 0 Å². The van der Waals surface area contributed by atoms with Gasteiger partial charge in [-0.15, -0.1) is 12.4 Å². The molecule has 2 amide bonds. The number of benzene rings is 2. The molecule has 0 saturated heterocycles. The lowest BCUT2D eigenvalue weighted by atomic mass is 9.99. The third kappa shape index (κ3) is 6.45. The van der Waals surface area contributed by atoms with E-state index in [2.05, 4.69) is 18.2 Å². The molecule has 3 rings (SSSR count). The zero-order valence-corrected chi connectivity index (χ0v) is 16.6. The molecule has 150 valence electrons. The Balaban J connectivity index is 0.00000300. The molecule has 2 aromatic rings. The van der Waals surface area contributed by atoms with E-state index in [4.69, 9.17) is 5.21 Å². The van der Waals surface area contributed by atoms with Crippen LogP contribution in [0.3, 0.4) is 0 Å². The van der Waals surface area contributed by atoms with Crippen LogP contribution in [0, 0.1) is 0 Å². The quantitative estimate of drug-likeness (QED) is 0.445. The van der Waals surface area contributed by atoms with Gasteiger partial charge in [0.1, 0.15) is 0 Å². The second-order valence-electron chi connectivity index (χ2n) is 6.44. The summed E-state index contributed by atoms with van der Waals surface area (Å²) in [7, 11) is 0. The first kappa shape index (κ1) is 22.1. The van der Waals surface area contributed by atoms with Gasteiger partial charge in [-0.3, -0.25) is 14.8 Å². The van der Waals surface area contributed by atoms with Crippen LogP contribution in [-0.2, 0) is 9.59 Å². The van der Waals surface area contributed by atoms with E-state index >= 15 is 0 Å². The average molecular weight is 411 g/mol. The number of carbonyl (C=O) groups excluding carboxylic acids is 2. The molecule has 29 heavy (non-hydrogen) atoms. The minimum Gasteiger partial charge on any atom is -0.335 e. The van der Waals surface area contributed by atoms with Crippen molar-refractivity contribution in [1.82, 2.24) is 10.4 Å². The minimum atomic E-state index is -0.593. The number of carbonyl (C=O) groups is 2. The van der Waals surface area contributed by atoms with Gasteiger partial charge in [0.05, 0.1) is 0 Å². The van der Waals surface area contributed by atoms with Gasteiger partial charge in [0.25, 0.3) is 5.91 Å². The third-order valence-corrected chi connectivity index (χ3v) is 4.53. The molecule has 0 saturated carbocycles. The Morgan fingerprint density at radius 1 is 0.966 bits per heavy atom. The summed E-state index contributed by atoms with van der Waals surface area (Å²) in [5.41, 5.74) is 5.69. The Kier molecular flexibility index (Phi) is 8.40. The maximum Gasteiger partial charge on any atom is 0.267 e. The summed E-state index contributed by atoms with van der Waals surface area (Å²) >= 11 is 0. The second kappa shape index (κ2) is 11.0. The fraction of sp³-hybridized carbons (Fsp3) is 0.130. The predicted octanol–water partition coefficient (Wildman–Crippen LogP) is 3.96. The van der Waals surface area contributed by atoms with Crippen molar-refractivity contribution in [1.29, 1.82) is 0 Å². The van der Waals surface area contributed by atoms with Crippen LogP contribution < -0.4 is 5.48 Å². The molecule has 0 spiro atoms. The number of hydrogen-bond acceptors (Lipinski definition) is 3. The van der Waals surface area contributed by atoms with E-state index in [0.29, 0.717) is 13.1 Å². The smallest absolute Gasteiger partial charge is 0.267 e. The number of nitrogens with zero attached hydrogens (tertiary/aromatic N) is 1. The summed E-state index contributed by atoms with van der Waals surface area (Å²) in [4.78, 5) is 25.3. The zero-order valence-electron chi connectivity index (χ0n) is 15.8. The fourth-order valence-electron chi connectivity index (χ4n) is 3.03. The van der Waals surface area contributed by atoms with Crippen LogP contribution in [0.4, 0.5) is 0 Å². The highest BCUT2D eigenvalue weighted by Gasteiger charge is 2.15. The lowest BCUT2D eigenvalue weighted by Gasteiger charge is -2.25. The highest BCUT2D eigenvalue weighted by Crippen LogP contribution is 2.22. The predicted molar refractivity (Wildman–Crippen MR) is 117 cm³/mol. The highest BCUT2D eigenvalue weighted by atomic mass is 35.5. The van der Waals surface area contributed by atoms with E-state index in [1.165, 1.54) is 17.2 Å². The van der Waals surface area contributed by atoms with Gasteiger partial charge in [-0.2, -0.15) is 0 Å². The Labute approximate surface area is 176 Å². The molecule has 0 aliphatic carbocycles. The molecule has 0 fully saturated rings. The maximum atomic E-state index is 12.5. The first-order valence-electron chi connectivity index (χ1n) is 9.09. The Bertz CT molecular complexity index is 936. The minimum absolute atomic E-state index is 0. The molecular formula is C23H23ClN2O3. The second-order valence-corrected chi connectivity index (χ2v) is 6.44. The number of halogens is 1. The lowest BCUT2D eigenvalue weighted by Crippen LogP contribution is -2.33. The zero-order chi connectivity index (χ0) is 19.8. The SMILES string of the molecule is Cl.O=C(/C=C/c1cccc(/C=C/C(=O)N2CC=C(c3ccccc3)CC2)c1)NO. The van der Waals surface area contributed by atoms with Gasteiger partial charge in [0, 0.05) is 25.2 Å². The van der Waals surface area contributed by atoms with Crippen LogP contribution in [0.25, 0.3) is 17.7 Å². The van der Waals surface area contributed by atoms with E-state index in [-0.39, 0.29) is 18.3 Å². The first-order chi connectivity index (χ1) is 13.7. The molecule has 0 radical (unpaired) electrons. The van der Waals surface area contributed by atoms with Crippen LogP contribution in [0.5, 0.6) is 0 Å². The van der Waals surface area contributed by atoms with E-state index in [1.807, 2.05) is 47.4 Å². The number of nitrogens with one attached hydrogen (secondary N) is 1. The molecule has 2 aromatic carbocycles. The fourth-order valence-corrected chi connectivity index (χ4v) is 3.03. The number of hydroxylamine groups is 1. The summed E-state index contributed by atoms with van der Waals surface area (Å²) in [6.07, 6.45) is 9.12. The molecule has 1 aliphatic rings. The van der Waals surface area contributed by atoms with Crippen molar-refractivity contribution >= 4 is 41.9 Å². The van der Waals surface area contributed by atoms with Crippen molar-refractivity contribution < 1.29 is 14.8 Å². The highest BCUT2D eigenvalue weighted by molar-refractivity contribution is 5.93. The van der Waals surface area contributed by atoms with Gasteiger partial charge < -0.3 is 4.90 Å². The molecule has 5 nitrogen and oxygen atoms in total. The number of rotatable bonds is 5. The topological polar surface area (TPSA) is 69.6 Å². The molecule has 0 atom stereocenters. The summed E-state index contributed by atoms with van der Waals surface area (Å²) in [5.74, 6) is -0.617. The van der Waals surface area contributed by atoms with Crippen molar-refractivity contribution in [2.75, 3.05) is 13.1 Å². The Hall–Kier alpha value is -3.15. The van der Waals surface area contributed by atoms with Crippen LogP contribution in [0.2, 0.25) is 0 Å². The number of hydrogen-bond donors (Lipinski definition) is 2. The monoisotopic (exact) mass is 410 g/mol. The van der Waals surface area contributed by atoms with E-state index < -0.39 is 5.91 Å². The van der Waals surface area contributed by atoms with Crippen molar-refractivity contribution in [2.45, 2.75) is 6.42 Å². The Morgan fingerprint density at radius 2 is 1.66 bits per heavy atom. The van der Waals surface area contributed by atoms with Gasteiger partial charge in [-0.1, -0.05) is 54.6 Å². The van der Waals surface area contributed by atoms with Crippen molar-refractivity contribution in [2.24, 2.45) is 0 Å². The van der Waals surface area contributed by atoms with Crippen LogP contribution >= 0.6 is 12.4 Å². The summed E-state index contributed by atoms with van der Waals surface area (Å²) in [6, 6.07) is 17.7. The van der Waals surface area contributed by atoms with Crippen LogP contribution in [0.1, 0.15) is 23.1 Å². The largest absolute Gasteiger partial charge is 0.335 e. The molecule has 1 aliphatic heterocycles. The third-order valence-electron chi connectivity index (χ3n) is 4.53.